The van der Waals surface area contributed by atoms with Crippen LogP contribution in [0.5, 0.6) is 0 Å². The maximum absolute atomic E-state index is 5.72. The first-order valence-corrected chi connectivity index (χ1v) is 3.61. The number of aromatic nitrogens is 1. The quantitative estimate of drug-likeness (QED) is 0.686. The van der Waals surface area contributed by atoms with Crippen molar-refractivity contribution in [3.63, 3.8) is 0 Å². The molecule has 3 heteroatoms. The van der Waals surface area contributed by atoms with E-state index in [2.05, 4.69) is 11.6 Å². The van der Waals surface area contributed by atoms with Crippen molar-refractivity contribution >= 4 is 11.6 Å². The van der Waals surface area contributed by atoms with Gasteiger partial charge in [0.1, 0.15) is 0 Å². The Balaban J connectivity index is 2.95. The molecule has 1 aromatic heterocycles. The Bertz CT molecular complexity index is 260. The molecule has 0 amide bonds. The second-order valence-electron chi connectivity index (χ2n) is 2.16. The smallest absolute Gasteiger partial charge is 0.0654 e. The second-order valence-corrected chi connectivity index (χ2v) is 2.60. The molecule has 11 heavy (non-hydrogen) atoms. The highest BCUT2D eigenvalue weighted by Crippen LogP contribution is 2.13. The van der Waals surface area contributed by atoms with Crippen LogP contribution in [-0.2, 0) is 0 Å². The van der Waals surface area contributed by atoms with Gasteiger partial charge in [0.15, 0.2) is 0 Å². The van der Waals surface area contributed by atoms with Crippen LogP contribution in [-0.4, -0.2) is 4.98 Å². The van der Waals surface area contributed by atoms with Crippen molar-refractivity contribution in [3.8, 4) is 0 Å². The summed E-state index contributed by atoms with van der Waals surface area (Å²) in [5.74, 6) is 0. The number of nitrogens with zero attached hydrogens (tertiary/aromatic N) is 1. The molecule has 0 spiro atoms. The zero-order valence-corrected chi connectivity index (χ0v) is 6.75. The van der Waals surface area contributed by atoms with Gasteiger partial charge in [0.25, 0.3) is 0 Å². The third-order valence-corrected chi connectivity index (χ3v) is 1.57. The van der Waals surface area contributed by atoms with Crippen LogP contribution in [0.4, 0.5) is 0 Å². The highest BCUT2D eigenvalue weighted by Gasteiger charge is 2.01. The minimum Gasteiger partial charge on any atom is -0.319 e. The molecule has 0 aliphatic rings. The molecule has 0 radical (unpaired) electrons. The van der Waals surface area contributed by atoms with Crippen LogP contribution >= 0.6 is 11.6 Å². The van der Waals surface area contributed by atoms with E-state index < -0.39 is 0 Å². The maximum atomic E-state index is 5.72. The van der Waals surface area contributed by atoms with E-state index in [0.29, 0.717) is 5.02 Å². The van der Waals surface area contributed by atoms with E-state index in [1.807, 2.05) is 0 Å². The summed E-state index contributed by atoms with van der Waals surface area (Å²) in [6, 6.07) is 3.21. The Hall–Kier alpha value is -0.860. The van der Waals surface area contributed by atoms with Gasteiger partial charge in [0.05, 0.1) is 11.7 Å². The topological polar surface area (TPSA) is 38.9 Å². The average Bonchev–Trinajstić information content (AvgIpc) is 2.03. The number of halogens is 1. The van der Waals surface area contributed by atoms with E-state index in [0.717, 1.165) is 5.69 Å². The summed E-state index contributed by atoms with van der Waals surface area (Å²) in [6.45, 7) is 3.56. The lowest BCUT2D eigenvalue weighted by Gasteiger charge is -2.03. The van der Waals surface area contributed by atoms with E-state index in [1.165, 1.54) is 0 Å². The van der Waals surface area contributed by atoms with Crippen molar-refractivity contribution in [2.75, 3.05) is 0 Å². The zero-order valence-electron chi connectivity index (χ0n) is 6.00. The van der Waals surface area contributed by atoms with E-state index in [1.54, 1.807) is 24.4 Å². The van der Waals surface area contributed by atoms with Gasteiger partial charge in [-0.2, -0.15) is 0 Å². The molecule has 1 atom stereocenters. The summed E-state index contributed by atoms with van der Waals surface area (Å²) in [5.41, 5.74) is 6.37. The van der Waals surface area contributed by atoms with Gasteiger partial charge < -0.3 is 5.73 Å². The number of hydrogen-bond acceptors (Lipinski definition) is 2. The minimum absolute atomic E-state index is 0.228. The molecule has 0 saturated heterocycles. The molecular weight excluding hydrogens is 160 g/mol. The Kier molecular flexibility index (Phi) is 2.63. The fourth-order valence-electron chi connectivity index (χ4n) is 0.724. The van der Waals surface area contributed by atoms with Gasteiger partial charge in [-0.1, -0.05) is 17.7 Å². The summed E-state index contributed by atoms with van der Waals surface area (Å²) in [4.78, 5) is 4.03. The standard InChI is InChI=1S/C8H9ClN2/c1-2-7(10)8-5-6(9)3-4-11-8/h2-5,7H,1,10H2/t7-/m1/s1. The van der Waals surface area contributed by atoms with Gasteiger partial charge in [-0.3, -0.25) is 4.98 Å². The monoisotopic (exact) mass is 168 g/mol. The van der Waals surface area contributed by atoms with Crippen molar-refractivity contribution in [1.82, 2.24) is 4.98 Å². The van der Waals surface area contributed by atoms with Crippen LogP contribution in [0.2, 0.25) is 5.02 Å². The predicted octanol–water partition coefficient (Wildman–Crippen LogP) is 1.92. The van der Waals surface area contributed by atoms with Crippen LogP contribution in [0, 0.1) is 0 Å². The van der Waals surface area contributed by atoms with Crippen LogP contribution in [0.15, 0.2) is 31.0 Å². The van der Waals surface area contributed by atoms with Gasteiger partial charge in [-0.05, 0) is 12.1 Å². The fraction of sp³-hybridized carbons (Fsp3) is 0.125. The average molecular weight is 169 g/mol. The molecule has 1 heterocycles. The molecular formula is C8H9ClN2. The molecule has 1 rings (SSSR count). The van der Waals surface area contributed by atoms with Gasteiger partial charge in [0, 0.05) is 11.2 Å². The van der Waals surface area contributed by atoms with Gasteiger partial charge in [0.2, 0.25) is 0 Å². The van der Waals surface area contributed by atoms with Crippen LogP contribution in [0.1, 0.15) is 11.7 Å². The van der Waals surface area contributed by atoms with Crippen molar-refractivity contribution in [2.24, 2.45) is 5.73 Å². The normalized spacial score (nSPS) is 12.5. The lowest BCUT2D eigenvalue weighted by atomic mass is 10.2. The lowest BCUT2D eigenvalue weighted by Crippen LogP contribution is -2.07. The molecule has 2 N–H and O–H groups in total. The van der Waals surface area contributed by atoms with Crippen molar-refractivity contribution in [2.45, 2.75) is 6.04 Å². The summed E-state index contributed by atoms with van der Waals surface area (Å²) in [7, 11) is 0. The van der Waals surface area contributed by atoms with Crippen molar-refractivity contribution < 1.29 is 0 Å². The summed E-state index contributed by atoms with van der Waals surface area (Å²) >= 11 is 5.72. The van der Waals surface area contributed by atoms with E-state index in [-0.39, 0.29) is 6.04 Å². The molecule has 0 bridgehead atoms. The molecule has 0 fully saturated rings. The Labute approximate surface area is 70.7 Å². The summed E-state index contributed by atoms with van der Waals surface area (Å²) in [5, 5.41) is 0.646. The molecule has 0 aliphatic heterocycles. The van der Waals surface area contributed by atoms with Crippen LogP contribution in [0.25, 0.3) is 0 Å². The van der Waals surface area contributed by atoms with Crippen molar-refractivity contribution in [1.29, 1.82) is 0 Å². The predicted molar refractivity (Wildman–Crippen MR) is 46.4 cm³/mol. The third-order valence-electron chi connectivity index (χ3n) is 1.34. The summed E-state index contributed by atoms with van der Waals surface area (Å²) in [6.07, 6.45) is 3.25. The molecule has 2 nitrogen and oxygen atoms in total. The van der Waals surface area contributed by atoms with Crippen molar-refractivity contribution in [3.05, 3.63) is 41.7 Å². The SMILES string of the molecule is C=C[C@@H](N)c1cc(Cl)ccn1. The van der Waals surface area contributed by atoms with Gasteiger partial charge in [-0.15, -0.1) is 6.58 Å². The van der Waals surface area contributed by atoms with Gasteiger partial charge in [-0.25, -0.2) is 0 Å². The number of hydrogen-bond donors (Lipinski definition) is 1. The molecule has 0 saturated carbocycles. The number of nitrogens with two attached hydrogens (primary N) is 1. The minimum atomic E-state index is -0.228. The van der Waals surface area contributed by atoms with Gasteiger partial charge >= 0.3 is 0 Å². The molecule has 1 aromatic rings. The first kappa shape index (κ1) is 8.24. The Morgan fingerprint density at radius 2 is 2.45 bits per heavy atom. The zero-order chi connectivity index (χ0) is 8.27. The highest BCUT2D eigenvalue weighted by molar-refractivity contribution is 6.30. The second kappa shape index (κ2) is 3.51. The Morgan fingerprint density at radius 3 is 3.00 bits per heavy atom. The molecule has 0 aromatic carbocycles. The molecule has 0 unspecified atom stereocenters. The molecule has 0 aliphatic carbocycles. The van der Waals surface area contributed by atoms with E-state index >= 15 is 0 Å². The fourth-order valence-corrected chi connectivity index (χ4v) is 0.892. The highest BCUT2D eigenvalue weighted by atomic mass is 35.5. The maximum Gasteiger partial charge on any atom is 0.0654 e. The lowest BCUT2D eigenvalue weighted by molar-refractivity contribution is 0.864. The summed E-state index contributed by atoms with van der Waals surface area (Å²) < 4.78 is 0. The number of pyridine rings is 1. The van der Waals surface area contributed by atoms with E-state index in [4.69, 9.17) is 17.3 Å². The third kappa shape index (κ3) is 2.03. The Morgan fingerprint density at radius 1 is 1.73 bits per heavy atom. The first-order chi connectivity index (χ1) is 5.24. The first-order valence-electron chi connectivity index (χ1n) is 3.23. The number of rotatable bonds is 2. The molecule has 58 valence electrons. The van der Waals surface area contributed by atoms with Crippen LogP contribution in [0.3, 0.4) is 0 Å². The largest absolute Gasteiger partial charge is 0.319 e. The van der Waals surface area contributed by atoms with E-state index in [9.17, 15) is 0 Å². The van der Waals surface area contributed by atoms with Crippen LogP contribution < -0.4 is 5.73 Å².